The average molecular weight is 350 g/mol. The van der Waals surface area contributed by atoms with E-state index < -0.39 is 10.0 Å². The molecule has 0 amide bonds. The minimum atomic E-state index is -3.09. The molecule has 7 heteroatoms. The fourth-order valence-corrected chi connectivity index (χ4v) is 3.12. The van der Waals surface area contributed by atoms with Crippen molar-refractivity contribution in [3.63, 3.8) is 0 Å². The number of hydrogen-bond acceptors (Lipinski definition) is 4. The van der Waals surface area contributed by atoms with E-state index >= 15 is 0 Å². The predicted octanol–water partition coefficient (Wildman–Crippen LogP) is 2.24. The molecule has 0 bridgehead atoms. The number of sulfonamides is 1. The normalized spacial score (nSPS) is 11.8. The zero-order chi connectivity index (χ0) is 14.5. The van der Waals surface area contributed by atoms with Crippen LogP contribution in [0.3, 0.4) is 0 Å². The summed E-state index contributed by atoms with van der Waals surface area (Å²) < 4.78 is 25.2. The van der Waals surface area contributed by atoms with Crippen molar-refractivity contribution < 1.29 is 8.42 Å². The Morgan fingerprint density at radius 3 is 2.68 bits per heavy atom. The van der Waals surface area contributed by atoms with E-state index in [0.717, 1.165) is 22.3 Å². The fraction of sp³-hybridized carbons (Fsp3) is 0.583. The van der Waals surface area contributed by atoms with Gasteiger partial charge in [-0.3, -0.25) is 0 Å². The fourth-order valence-electron chi connectivity index (χ4n) is 1.75. The van der Waals surface area contributed by atoms with Crippen LogP contribution in [0.2, 0.25) is 0 Å². The molecule has 0 aliphatic heterocycles. The van der Waals surface area contributed by atoms with Crippen LogP contribution in [0.4, 0.5) is 5.82 Å². The summed E-state index contributed by atoms with van der Waals surface area (Å²) in [4.78, 5) is 4.27. The van der Waals surface area contributed by atoms with Crippen LogP contribution >= 0.6 is 15.9 Å². The minimum absolute atomic E-state index is 0.508. The third kappa shape index (κ3) is 5.46. The topological polar surface area (TPSA) is 62.3 Å². The number of rotatable bonds is 7. The molecule has 0 unspecified atom stereocenters. The van der Waals surface area contributed by atoms with Gasteiger partial charge in [0, 0.05) is 30.3 Å². The highest BCUT2D eigenvalue weighted by Gasteiger charge is 2.13. The van der Waals surface area contributed by atoms with Gasteiger partial charge in [0.1, 0.15) is 5.82 Å². The Balaban J connectivity index is 2.42. The van der Waals surface area contributed by atoms with Gasteiger partial charge in [-0.1, -0.05) is 6.92 Å². The Morgan fingerprint density at radius 1 is 1.47 bits per heavy atom. The molecule has 108 valence electrons. The number of aryl methyl sites for hydroxylation is 1. The molecule has 0 radical (unpaired) electrons. The van der Waals surface area contributed by atoms with Gasteiger partial charge in [0.05, 0.1) is 6.26 Å². The van der Waals surface area contributed by atoms with Gasteiger partial charge in [-0.2, -0.15) is 0 Å². The SMILES string of the molecule is CCN(CCCNc1ncc(Br)cc1C)S(C)(=O)=O. The predicted molar refractivity (Wildman–Crippen MR) is 81.9 cm³/mol. The third-order valence-electron chi connectivity index (χ3n) is 2.74. The molecule has 0 spiro atoms. The van der Waals surface area contributed by atoms with Crippen molar-refractivity contribution in [1.29, 1.82) is 0 Å². The summed E-state index contributed by atoms with van der Waals surface area (Å²) in [7, 11) is -3.09. The molecule has 0 saturated heterocycles. The van der Waals surface area contributed by atoms with E-state index in [1.54, 1.807) is 6.20 Å². The van der Waals surface area contributed by atoms with Gasteiger partial charge in [0.2, 0.25) is 10.0 Å². The van der Waals surface area contributed by atoms with E-state index in [0.29, 0.717) is 19.6 Å². The lowest BCUT2D eigenvalue weighted by Crippen LogP contribution is -2.31. The van der Waals surface area contributed by atoms with Crippen LogP contribution in [0.5, 0.6) is 0 Å². The van der Waals surface area contributed by atoms with Crippen LogP contribution in [-0.2, 0) is 10.0 Å². The van der Waals surface area contributed by atoms with E-state index in [2.05, 4.69) is 26.2 Å². The van der Waals surface area contributed by atoms with Crippen molar-refractivity contribution in [3.05, 3.63) is 22.3 Å². The second kappa shape index (κ2) is 7.21. The van der Waals surface area contributed by atoms with Crippen LogP contribution in [0.15, 0.2) is 16.7 Å². The summed E-state index contributed by atoms with van der Waals surface area (Å²) in [5.41, 5.74) is 1.06. The van der Waals surface area contributed by atoms with Gasteiger partial charge in [0.25, 0.3) is 0 Å². The van der Waals surface area contributed by atoms with Gasteiger partial charge < -0.3 is 5.32 Å². The largest absolute Gasteiger partial charge is 0.370 e. The van der Waals surface area contributed by atoms with E-state index in [1.807, 2.05) is 19.9 Å². The highest BCUT2D eigenvalue weighted by Crippen LogP contribution is 2.16. The van der Waals surface area contributed by atoms with Crippen molar-refractivity contribution in [3.8, 4) is 0 Å². The first-order chi connectivity index (χ1) is 8.84. The number of nitrogens with one attached hydrogen (secondary N) is 1. The Morgan fingerprint density at radius 2 is 2.16 bits per heavy atom. The zero-order valence-electron chi connectivity index (χ0n) is 11.5. The molecule has 1 aromatic rings. The lowest BCUT2D eigenvalue weighted by molar-refractivity contribution is 0.428. The monoisotopic (exact) mass is 349 g/mol. The van der Waals surface area contributed by atoms with Crippen LogP contribution in [-0.4, -0.2) is 43.6 Å². The molecule has 0 aromatic carbocycles. The second-order valence-corrected chi connectivity index (χ2v) is 7.25. The summed E-state index contributed by atoms with van der Waals surface area (Å²) in [5.74, 6) is 0.839. The first-order valence-corrected chi connectivity index (χ1v) is 8.80. The summed E-state index contributed by atoms with van der Waals surface area (Å²) in [5, 5.41) is 3.22. The third-order valence-corrected chi connectivity index (χ3v) is 4.56. The smallest absolute Gasteiger partial charge is 0.211 e. The molecule has 0 aliphatic carbocycles. The molecule has 1 heterocycles. The molecule has 0 fully saturated rings. The Labute approximate surface area is 123 Å². The highest BCUT2D eigenvalue weighted by molar-refractivity contribution is 9.10. The summed E-state index contributed by atoms with van der Waals surface area (Å²) in [6, 6.07) is 1.99. The van der Waals surface area contributed by atoms with Crippen molar-refractivity contribution in [2.24, 2.45) is 0 Å². The maximum atomic E-state index is 11.4. The highest BCUT2D eigenvalue weighted by atomic mass is 79.9. The zero-order valence-corrected chi connectivity index (χ0v) is 13.9. The summed E-state index contributed by atoms with van der Waals surface area (Å²) >= 11 is 3.36. The first-order valence-electron chi connectivity index (χ1n) is 6.15. The number of hydrogen-bond donors (Lipinski definition) is 1. The molecular formula is C12H20BrN3O2S. The lowest BCUT2D eigenvalue weighted by Gasteiger charge is -2.17. The molecule has 1 N–H and O–H groups in total. The number of nitrogens with zero attached hydrogens (tertiary/aromatic N) is 2. The molecular weight excluding hydrogens is 330 g/mol. The van der Waals surface area contributed by atoms with E-state index in [4.69, 9.17) is 0 Å². The quantitative estimate of drug-likeness (QED) is 0.766. The summed E-state index contributed by atoms with van der Waals surface area (Å²) in [6.07, 6.45) is 3.73. The minimum Gasteiger partial charge on any atom is -0.370 e. The van der Waals surface area contributed by atoms with Gasteiger partial charge in [0.15, 0.2) is 0 Å². The number of halogens is 1. The number of aromatic nitrogens is 1. The van der Waals surface area contributed by atoms with Gasteiger partial charge in [-0.05, 0) is 40.9 Å². The maximum Gasteiger partial charge on any atom is 0.211 e. The maximum absolute atomic E-state index is 11.4. The first kappa shape index (κ1) is 16.4. The number of pyridine rings is 1. The second-order valence-electron chi connectivity index (χ2n) is 4.35. The molecule has 0 saturated carbocycles. The van der Waals surface area contributed by atoms with Crippen LogP contribution < -0.4 is 5.32 Å². The molecule has 5 nitrogen and oxygen atoms in total. The molecule has 0 atom stereocenters. The Bertz CT molecular complexity index is 520. The number of anilines is 1. The van der Waals surface area contributed by atoms with Gasteiger partial charge in [-0.25, -0.2) is 17.7 Å². The van der Waals surface area contributed by atoms with Crippen molar-refractivity contribution in [2.75, 3.05) is 31.2 Å². The molecule has 0 aliphatic rings. The van der Waals surface area contributed by atoms with Crippen LogP contribution in [0, 0.1) is 6.92 Å². The van der Waals surface area contributed by atoms with E-state index in [9.17, 15) is 8.42 Å². The lowest BCUT2D eigenvalue weighted by atomic mass is 10.3. The van der Waals surface area contributed by atoms with Crippen molar-refractivity contribution in [1.82, 2.24) is 9.29 Å². The van der Waals surface area contributed by atoms with Gasteiger partial charge in [-0.15, -0.1) is 0 Å². The van der Waals surface area contributed by atoms with Crippen LogP contribution in [0.25, 0.3) is 0 Å². The molecule has 1 rings (SSSR count). The van der Waals surface area contributed by atoms with Crippen molar-refractivity contribution >= 4 is 31.8 Å². The van der Waals surface area contributed by atoms with Crippen molar-refractivity contribution in [2.45, 2.75) is 20.3 Å². The standard InChI is InChI=1S/C12H20BrN3O2S/c1-4-16(19(3,17)18)7-5-6-14-12-10(2)8-11(13)9-15-12/h8-9H,4-7H2,1-3H3,(H,14,15). The average Bonchev–Trinajstić information content (AvgIpc) is 2.29. The Kier molecular flexibility index (Phi) is 6.22. The molecule has 1 aromatic heterocycles. The van der Waals surface area contributed by atoms with E-state index in [1.165, 1.54) is 10.6 Å². The van der Waals surface area contributed by atoms with Gasteiger partial charge >= 0.3 is 0 Å². The molecule has 19 heavy (non-hydrogen) atoms. The van der Waals surface area contributed by atoms with Crippen LogP contribution in [0.1, 0.15) is 18.9 Å². The summed E-state index contributed by atoms with van der Waals surface area (Å²) in [6.45, 7) is 5.55. The Hall–Kier alpha value is -0.660. The van der Waals surface area contributed by atoms with E-state index in [-0.39, 0.29) is 0 Å².